The molecule has 0 spiro atoms. The molecular formula is C16H23N3O2. The molecule has 2 N–H and O–H groups in total. The van der Waals surface area contributed by atoms with Crippen molar-refractivity contribution in [3.05, 3.63) is 29.8 Å². The molecule has 1 unspecified atom stereocenters. The third-order valence-corrected chi connectivity index (χ3v) is 4.06. The first-order valence-corrected chi connectivity index (χ1v) is 7.37. The minimum atomic E-state index is -0.471. The van der Waals surface area contributed by atoms with Crippen LogP contribution in [0.1, 0.15) is 36.5 Å². The molecule has 1 aliphatic heterocycles. The maximum atomic E-state index is 12.5. The minimum absolute atomic E-state index is 0.0167. The van der Waals surface area contributed by atoms with Crippen molar-refractivity contribution in [1.82, 2.24) is 10.2 Å². The van der Waals surface area contributed by atoms with Gasteiger partial charge in [0.05, 0.1) is 5.54 Å². The number of hydrogen-bond donors (Lipinski definition) is 2. The molecule has 0 saturated carbocycles. The lowest BCUT2D eigenvalue weighted by atomic mass is 9.93. The highest BCUT2D eigenvalue weighted by molar-refractivity contribution is 6.00. The van der Waals surface area contributed by atoms with Crippen molar-refractivity contribution in [2.24, 2.45) is 0 Å². The van der Waals surface area contributed by atoms with E-state index in [9.17, 15) is 9.59 Å². The number of hydrogen-bond acceptors (Lipinski definition) is 3. The number of nitrogens with zero attached hydrogens (tertiary/aromatic N) is 1. The van der Waals surface area contributed by atoms with Gasteiger partial charge in [-0.2, -0.15) is 0 Å². The lowest BCUT2D eigenvalue weighted by Crippen LogP contribution is -2.50. The summed E-state index contributed by atoms with van der Waals surface area (Å²) in [6, 6.07) is 7.07. The van der Waals surface area contributed by atoms with Gasteiger partial charge in [-0.1, -0.05) is 13.0 Å². The van der Waals surface area contributed by atoms with Gasteiger partial charge >= 0.3 is 0 Å². The van der Waals surface area contributed by atoms with E-state index in [0.717, 1.165) is 25.8 Å². The highest BCUT2D eigenvalue weighted by Gasteiger charge is 2.39. The summed E-state index contributed by atoms with van der Waals surface area (Å²) in [7, 11) is 3.42. The van der Waals surface area contributed by atoms with Crippen molar-refractivity contribution in [2.45, 2.75) is 31.7 Å². The van der Waals surface area contributed by atoms with Crippen LogP contribution in [-0.2, 0) is 4.79 Å². The summed E-state index contributed by atoms with van der Waals surface area (Å²) in [5.74, 6) is -0.0905. The molecule has 5 nitrogen and oxygen atoms in total. The van der Waals surface area contributed by atoms with Crippen molar-refractivity contribution in [2.75, 3.05) is 26.0 Å². The van der Waals surface area contributed by atoms with Crippen molar-refractivity contribution < 1.29 is 9.59 Å². The quantitative estimate of drug-likeness (QED) is 0.889. The van der Waals surface area contributed by atoms with Crippen molar-refractivity contribution in [3.63, 3.8) is 0 Å². The Balaban J connectivity index is 2.14. The molecule has 0 radical (unpaired) electrons. The minimum Gasteiger partial charge on any atom is -0.345 e. The third-order valence-electron chi connectivity index (χ3n) is 4.06. The molecule has 114 valence electrons. The Labute approximate surface area is 125 Å². The van der Waals surface area contributed by atoms with Crippen LogP contribution in [0.25, 0.3) is 0 Å². The van der Waals surface area contributed by atoms with E-state index >= 15 is 0 Å². The van der Waals surface area contributed by atoms with Crippen LogP contribution in [0.15, 0.2) is 24.3 Å². The average Bonchev–Trinajstić information content (AvgIpc) is 2.96. The third kappa shape index (κ3) is 3.24. The average molecular weight is 289 g/mol. The van der Waals surface area contributed by atoms with Crippen LogP contribution in [0, 0.1) is 0 Å². The Hall–Kier alpha value is -1.88. The Bertz CT molecular complexity index is 534. The van der Waals surface area contributed by atoms with E-state index < -0.39 is 5.54 Å². The second-order valence-electron chi connectivity index (χ2n) is 5.70. The molecule has 0 aromatic heterocycles. The summed E-state index contributed by atoms with van der Waals surface area (Å²) >= 11 is 0. The SMILES string of the molecule is CCC1(C(=O)Nc2cccc(C(=O)N(C)C)c2)CCCN1. The predicted molar refractivity (Wildman–Crippen MR) is 83.3 cm³/mol. The van der Waals surface area contributed by atoms with Crippen LogP contribution in [-0.4, -0.2) is 42.9 Å². The summed E-state index contributed by atoms with van der Waals surface area (Å²) in [5.41, 5.74) is 0.763. The number of carbonyl (C=O) groups is 2. The van der Waals surface area contributed by atoms with Gasteiger partial charge in [0, 0.05) is 25.3 Å². The van der Waals surface area contributed by atoms with E-state index in [4.69, 9.17) is 0 Å². The molecule has 5 heteroatoms. The second kappa shape index (κ2) is 6.26. The topological polar surface area (TPSA) is 61.4 Å². The fourth-order valence-electron chi connectivity index (χ4n) is 2.70. The van der Waals surface area contributed by atoms with E-state index in [1.165, 1.54) is 4.90 Å². The van der Waals surface area contributed by atoms with Gasteiger partial charge in [-0.3, -0.25) is 9.59 Å². The standard InChI is InChI=1S/C16H23N3O2/c1-4-16(9-6-10-17-16)15(21)18-13-8-5-7-12(11-13)14(20)19(2)3/h5,7-8,11,17H,4,6,9-10H2,1-3H3,(H,18,21). The first-order valence-electron chi connectivity index (χ1n) is 7.37. The highest BCUT2D eigenvalue weighted by atomic mass is 16.2. The van der Waals surface area contributed by atoms with Gasteiger partial charge in [0.2, 0.25) is 5.91 Å². The first-order chi connectivity index (χ1) is 9.98. The molecule has 1 aromatic carbocycles. The molecule has 2 rings (SSSR count). The molecule has 1 atom stereocenters. The fraction of sp³-hybridized carbons (Fsp3) is 0.500. The van der Waals surface area contributed by atoms with E-state index in [1.54, 1.807) is 32.3 Å². The Morgan fingerprint density at radius 1 is 1.38 bits per heavy atom. The van der Waals surface area contributed by atoms with Gasteiger partial charge in [0.1, 0.15) is 0 Å². The zero-order valence-electron chi connectivity index (χ0n) is 12.9. The zero-order valence-corrected chi connectivity index (χ0v) is 12.9. The van der Waals surface area contributed by atoms with Gasteiger partial charge in [-0.25, -0.2) is 0 Å². The zero-order chi connectivity index (χ0) is 15.5. The first kappa shape index (κ1) is 15.5. The predicted octanol–water partition coefficient (Wildman–Crippen LogP) is 1.86. The van der Waals surface area contributed by atoms with Gasteiger partial charge in [0.25, 0.3) is 5.91 Å². The molecule has 1 heterocycles. The number of nitrogens with one attached hydrogen (secondary N) is 2. The fourth-order valence-corrected chi connectivity index (χ4v) is 2.70. The van der Waals surface area contributed by atoms with Crippen molar-refractivity contribution in [1.29, 1.82) is 0 Å². The molecule has 21 heavy (non-hydrogen) atoms. The molecule has 1 fully saturated rings. The summed E-state index contributed by atoms with van der Waals surface area (Å²) in [4.78, 5) is 26.0. The van der Waals surface area contributed by atoms with Gasteiger partial charge in [-0.15, -0.1) is 0 Å². The molecule has 0 aliphatic carbocycles. The lowest BCUT2D eigenvalue weighted by molar-refractivity contribution is -0.122. The normalized spacial score (nSPS) is 21.1. The molecule has 1 aliphatic rings. The monoisotopic (exact) mass is 289 g/mol. The van der Waals surface area contributed by atoms with Gasteiger partial charge in [0.15, 0.2) is 0 Å². The van der Waals surface area contributed by atoms with E-state index in [1.807, 2.05) is 13.0 Å². The molecule has 0 bridgehead atoms. The number of benzene rings is 1. The van der Waals surface area contributed by atoms with Crippen LogP contribution in [0.2, 0.25) is 0 Å². The number of rotatable bonds is 4. The largest absolute Gasteiger partial charge is 0.345 e. The maximum Gasteiger partial charge on any atom is 0.253 e. The summed E-state index contributed by atoms with van der Waals surface area (Å²) in [6.07, 6.45) is 2.63. The van der Waals surface area contributed by atoms with Crippen molar-refractivity contribution >= 4 is 17.5 Å². The van der Waals surface area contributed by atoms with E-state index in [2.05, 4.69) is 10.6 Å². The molecule has 2 amide bonds. The smallest absolute Gasteiger partial charge is 0.253 e. The summed E-state index contributed by atoms with van der Waals surface area (Å²) in [5, 5.41) is 6.25. The molecular weight excluding hydrogens is 266 g/mol. The second-order valence-corrected chi connectivity index (χ2v) is 5.70. The van der Waals surface area contributed by atoms with Gasteiger partial charge < -0.3 is 15.5 Å². The van der Waals surface area contributed by atoms with Crippen LogP contribution in [0.3, 0.4) is 0 Å². The maximum absolute atomic E-state index is 12.5. The summed E-state index contributed by atoms with van der Waals surface area (Å²) in [6.45, 7) is 2.89. The highest BCUT2D eigenvalue weighted by Crippen LogP contribution is 2.25. The van der Waals surface area contributed by atoms with Crippen molar-refractivity contribution in [3.8, 4) is 0 Å². The van der Waals surface area contributed by atoms with Crippen LogP contribution in [0.5, 0.6) is 0 Å². The molecule has 1 aromatic rings. The molecule has 1 saturated heterocycles. The number of carbonyl (C=O) groups excluding carboxylic acids is 2. The Morgan fingerprint density at radius 3 is 2.71 bits per heavy atom. The Morgan fingerprint density at radius 2 is 2.14 bits per heavy atom. The Kier molecular flexibility index (Phi) is 4.63. The number of amides is 2. The number of anilines is 1. The van der Waals surface area contributed by atoms with Crippen LogP contribution < -0.4 is 10.6 Å². The van der Waals surface area contributed by atoms with Gasteiger partial charge in [-0.05, 0) is 44.0 Å². The van der Waals surface area contributed by atoms with Crippen LogP contribution in [0.4, 0.5) is 5.69 Å². The van der Waals surface area contributed by atoms with Crippen LogP contribution >= 0.6 is 0 Å². The summed E-state index contributed by atoms with van der Waals surface area (Å²) < 4.78 is 0. The van der Waals surface area contributed by atoms with E-state index in [0.29, 0.717) is 11.3 Å². The van der Waals surface area contributed by atoms with E-state index in [-0.39, 0.29) is 11.8 Å². The lowest BCUT2D eigenvalue weighted by Gasteiger charge is -2.26.